The number of carbonyl (C=O) groups excluding carboxylic acids is 1. The molecule has 0 bridgehead atoms. The number of nitriles is 1. The van der Waals surface area contributed by atoms with Crippen molar-refractivity contribution in [3.05, 3.63) is 30.1 Å². The second-order valence-electron chi connectivity index (χ2n) is 9.27. The molecule has 2 aliphatic rings. The molecule has 2 atom stereocenters. The van der Waals surface area contributed by atoms with Crippen LogP contribution >= 0.6 is 0 Å². The molecular weight excluding hydrogens is 380 g/mol. The predicted octanol–water partition coefficient (Wildman–Crippen LogP) is 4.10. The Morgan fingerprint density at radius 1 is 1.43 bits per heavy atom. The average Bonchev–Trinajstić information content (AvgIpc) is 3.21. The summed E-state index contributed by atoms with van der Waals surface area (Å²) in [6.07, 6.45) is 5.52. The molecule has 4 rings (SSSR count). The van der Waals surface area contributed by atoms with E-state index in [0.717, 1.165) is 43.3 Å². The highest BCUT2D eigenvalue weighted by Crippen LogP contribution is 2.41. The van der Waals surface area contributed by atoms with Crippen LogP contribution in [0.5, 0.6) is 0 Å². The van der Waals surface area contributed by atoms with E-state index in [0.29, 0.717) is 31.2 Å². The molecule has 1 amide bonds. The van der Waals surface area contributed by atoms with Crippen molar-refractivity contribution in [2.75, 3.05) is 19.7 Å². The van der Waals surface area contributed by atoms with Crippen LogP contribution in [0.4, 0.5) is 4.79 Å². The second-order valence-corrected chi connectivity index (χ2v) is 9.27. The van der Waals surface area contributed by atoms with Gasteiger partial charge in [0.25, 0.3) is 0 Å². The van der Waals surface area contributed by atoms with E-state index in [9.17, 15) is 10.1 Å². The normalized spacial score (nSPS) is 24.4. The molecule has 1 aromatic carbocycles. The monoisotopic (exact) mass is 410 g/mol. The summed E-state index contributed by atoms with van der Waals surface area (Å²) in [5, 5.41) is 9.21. The molecule has 1 aromatic heterocycles. The number of fused-ring (bicyclic) bond motifs is 1. The lowest BCUT2D eigenvalue weighted by Crippen LogP contribution is -2.44. The quantitative estimate of drug-likeness (QED) is 0.716. The highest BCUT2D eigenvalue weighted by atomic mass is 16.6. The van der Waals surface area contributed by atoms with Gasteiger partial charge in [-0.25, -0.2) is 9.78 Å². The lowest BCUT2D eigenvalue weighted by Gasteiger charge is -2.36. The molecule has 7 heteroatoms. The summed E-state index contributed by atoms with van der Waals surface area (Å²) >= 11 is 0. The first-order chi connectivity index (χ1) is 14.3. The van der Waals surface area contributed by atoms with E-state index in [2.05, 4.69) is 15.6 Å². The summed E-state index contributed by atoms with van der Waals surface area (Å²) in [6, 6.07) is 7.79. The van der Waals surface area contributed by atoms with Gasteiger partial charge < -0.3 is 18.9 Å². The Balaban J connectivity index is 1.46. The Hall–Kier alpha value is -2.59. The number of imidazole rings is 1. The van der Waals surface area contributed by atoms with Gasteiger partial charge in [-0.1, -0.05) is 0 Å². The molecular formula is C23H30N4O3. The minimum absolute atomic E-state index is 0.227. The average molecular weight is 411 g/mol. The van der Waals surface area contributed by atoms with Crippen LogP contribution in [-0.4, -0.2) is 51.4 Å². The molecule has 1 aliphatic carbocycles. The molecule has 0 N–H and O–H groups in total. The highest BCUT2D eigenvalue weighted by Gasteiger charge is 2.48. The maximum Gasteiger partial charge on any atom is 0.410 e. The van der Waals surface area contributed by atoms with Crippen LogP contribution in [0.25, 0.3) is 11.0 Å². The number of benzene rings is 1. The Morgan fingerprint density at radius 3 is 3.03 bits per heavy atom. The van der Waals surface area contributed by atoms with Crippen molar-refractivity contribution >= 4 is 17.1 Å². The smallest absolute Gasteiger partial charge is 0.410 e. The number of amides is 1. The molecule has 0 unspecified atom stereocenters. The van der Waals surface area contributed by atoms with E-state index in [1.807, 2.05) is 44.1 Å². The zero-order chi connectivity index (χ0) is 21.4. The molecule has 2 fully saturated rings. The summed E-state index contributed by atoms with van der Waals surface area (Å²) in [5.74, 6) is 0.398. The van der Waals surface area contributed by atoms with Crippen molar-refractivity contribution in [1.82, 2.24) is 14.5 Å². The van der Waals surface area contributed by atoms with Gasteiger partial charge >= 0.3 is 6.09 Å². The minimum Gasteiger partial charge on any atom is -0.441 e. The van der Waals surface area contributed by atoms with Crippen LogP contribution in [0, 0.1) is 17.2 Å². The largest absolute Gasteiger partial charge is 0.441 e. The number of hydrogen-bond donors (Lipinski definition) is 0. The van der Waals surface area contributed by atoms with Gasteiger partial charge in [-0.05, 0) is 70.6 Å². The Bertz CT molecular complexity index is 976. The van der Waals surface area contributed by atoms with Gasteiger partial charge in [-0.15, -0.1) is 0 Å². The van der Waals surface area contributed by atoms with Gasteiger partial charge in [-0.2, -0.15) is 5.26 Å². The van der Waals surface area contributed by atoms with Gasteiger partial charge in [-0.3, -0.25) is 0 Å². The predicted molar refractivity (Wildman–Crippen MR) is 113 cm³/mol. The summed E-state index contributed by atoms with van der Waals surface area (Å²) in [5.41, 5.74) is 1.73. The summed E-state index contributed by atoms with van der Waals surface area (Å²) in [7, 11) is 0. The molecule has 30 heavy (non-hydrogen) atoms. The van der Waals surface area contributed by atoms with E-state index in [1.54, 1.807) is 6.07 Å². The standard InChI is InChI=1S/C23H30N4O3/c1-4-29-22(2,3)14-27-15-23(30-21(27)28)9-5-6-18(11-23)13-26-16-25-19-8-7-17(12-24)10-20(19)26/h7-8,10,16,18H,4-6,9,11,13-15H2,1-3H3/t18-,23-/m0/s1. The lowest BCUT2D eigenvalue weighted by atomic mass is 9.78. The fourth-order valence-corrected chi connectivity index (χ4v) is 5.10. The van der Waals surface area contributed by atoms with Crippen molar-refractivity contribution in [1.29, 1.82) is 5.26 Å². The molecule has 1 aliphatic heterocycles. The Morgan fingerprint density at radius 2 is 2.27 bits per heavy atom. The maximum atomic E-state index is 12.6. The zero-order valence-corrected chi connectivity index (χ0v) is 18.1. The number of carbonyl (C=O) groups is 1. The fourth-order valence-electron chi connectivity index (χ4n) is 5.10. The van der Waals surface area contributed by atoms with Gasteiger partial charge in [0, 0.05) is 13.2 Å². The summed E-state index contributed by atoms with van der Waals surface area (Å²) in [4.78, 5) is 18.9. The third-order valence-corrected chi connectivity index (χ3v) is 6.26. The Kier molecular flexibility index (Phi) is 5.46. The molecule has 7 nitrogen and oxygen atoms in total. The van der Waals surface area contributed by atoms with E-state index in [-0.39, 0.29) is 11.7 Å². The first kappa shape index (κ1) is 20.7. The highest BCUT2D eigenvalue weighted by molar-refractivity contribution is 5.77. The fraction of sp³-hybridized carbons (Fsp3) is 0.609. The summed E-state index contributed by atoms with van der Waals surface area (Å²) in [6.45, 7) is 8.59. The number of rotatable bonds is 6. The van der Waals surface area contributed by atoms with Crippen molar-refractivity contribution in [3.63, 3.8) is 0 Å². The van der Waals surface area contributed by atoms with Gasteiger partial charge in [0.05, 0.1) is 47.7 Å². The van der Waals surface area contributed by atoms with Crippen LogP contribution in [0.1, 0.15) is 52.0 Å². The topological polar surface area (TPSA) is 80.4 Å². The molecule has 2 aromatic rings. The van der Waals surface area contributed by atoms with Crippen molar-refractivity contribution < 1.29 is 14.3 Å². The number of hydrogen-bond acceptors (Lipinski definition) is 5. The second kappa shape index (κ2) is 7.92. The lowest BCUT2D eigenvalue weighted by molar-refractivity contribution is -0.0261. The number of aromatic nitrogens is 2. The van der Waals surface area contributed by atoms with Crippen molar-refractivity contribution in [3.8, 4) is 6.07 Å². The summed E-state index contributed by atoms with van der Waals surface area (Å²) < 4.78 is 13.9. The Labute approximate surface area is 177 Å². The van der Waals surface area contributed by atoms with E-state index in [1.165, 1.54) is 0 Å². The van der Waals surface area contributed by atoms with Crippen LogP contribution < -0.4 is 0 Å². The molecule has 1 saturated carbocycles. The van der Waals surface area contributed by atoms with E-state index < -0.39 is 5.60 Å². The van der Waals surface area contributed by atoms with E-state index >= 15 is 0 Å². The van der Waals surface area contributed by atoms with Crippen molar-refractivity contribution in [2.45, 2.75) is 64.2 Å². The van der Waals surface area contributed by atoms with Crippen LogP contribution in [0.15, 0.2) is 24.5 Å². The zero-order valence-electron chi connectivity index (χ0n) is 18.1. The maximum absolute atomic E-state index is 12.6. The van der Waals surface area contributed by atoms with Crippen LogP contribution in [0.2, 0.25) is 0 Å². The first-order valence-corrected chi connectivity index (χ1v) is 10.8. The van der Waals surface area contributed by atoms with Gasteiger partial charge in [0.1, 0.15) is 5.60 Å². The van der Waals surface area contributed by atoms with Crippen LogP contribution in [-0.2, 0) is 16.0 Å². The third kappa shape index (κ3) is 4.15. The minimum atomic E-state index is -0.406. The number of ether oxygens (including phenoxy) is 2. The van der Waals surface area contributed by atoms with Gasteiger partial charge in [0.15, 0.2) is 0 Å². The molecule has 1 spiro atoms. The molecule has 2 heterocycles. The molecule has 1 saturated heterocycles. The molecule has 0 radical (unpaired) electrons. The van der Waals surface area contributed by atoms with Crippen molar-refractivity contribution in [2.24, 2.45) is 5.92 Å². The third-order valence-electron chi connectivity index (χ3n) is 6.26. The van der Waals surface area contributed by atoms with Gasteiger partial charge in [0.2, 0.25) is 0 Å². The van der Waals surface area contributed by atoms with Crippen LogP contribution in [0.3, 0.4) is 0 Å². The first-order valence-electron chi connectivity index (χ1n) is 10.8. The molecule has 160 valence electrons. The number of nitrogens with zero attached hydrogens (tertiary/aromatic N) is 4. The van der Waals surface area contributed by atoms with E-state index in [4.69, 9.17) is 9.47 Å². The SMILES string of the molecule is CCOC(C)(C)CN1C[C@@]2(CCC[C@H](Cn3cnc4ccc(C#N)cc43)C2)OC1=O.